The van der Waals surface area contributed by atoms with E-state index in [1.165, 1.54) is 4.90 Å². The van der Waals surface area contributed by atoms with Crippen LogP contribution in [-0.2, 0) is 9.59 Å². The summed E-state index contributed by atoms with van der Waals surface area (Å²) in [7, 11) is 0. The smallest absolute Gasteiger partial charge is 0.305 e. The van der Waals surface area contributed by atoms with Gasteiger partial charge < -0.3 is 9.84 Å². The third-order valence-electron chi connectivity index (χ3n) is 2.99. The molecule has 120 valence electrons. The molecule has 0 aliphatic carbocycles. The molecule has 0 bridgehead atoms. The van der Waals surface area contributed by atoms with E-state index in [2.05, 4.69) is 6.58 Å². The molecule has 1 saturated heterocycles. The van der Waals surface area contributed by atoms with Gasteiger partial charge in [-0.15, -0.1) is 0 Å². The normalized spacial score (nSPS) is 16.0. The standard InChI is InChI=1S/C16H15NO4S2/c1-2-9-21-12-6-4-3-5-11(12)10-13-15(20)17(16(22)23-13)8-7-14(18)19/h2-6,10H,1,7-9H2,(H,18,19)/b13-10-. The van der Waals surface area contributed by atoms with Gasteiger partial charge in [0.2, 0.25) is 0 Å². The Hall–Kier alpha value is -2.12. The van der Waals surface area contributed by atoms with Crippen LogP contribution in [0.2, 0.25) is 0 Å². The van der Waals surface area contributed by atoms with E-state index < -0.39 is 5.97 Å². The second-order valence-corrected chi connectivity index (χ2v) is 6.29. The number of hydrogen-bond donors (Lipinski definition) is 1. The van der Waals surface area contributed by atoms with Crippen LogP contribution in [0.1, 0.15) is 12.0 Å². The molecule has 0 atom stereocenters. The topological polar surface area (TPSA) is 66.8 Å². The average Bonchev–Trinajstić information content (AvgIpc) is 2.78. The van der Waals surface area contributed by atoms with Crippen molar-refractivity contribution in [2.45, 2.75) is 6.42 Å². The van der Waals surface area contributed by atoms with E-state index in [1.54, 1.807) is 18.2 Å². The van der Waals surface area contributed by atoms with Gasteiger partial charge in [-0.3, -0.25) is 14.5 Å². The molecule has 1 N–H and O–H groups in total. The van der Waals surface area contributed by atoms with Gasteiger partial charge in [0.1, 0.15) is 16.7 Å². The summed E-state index contributed by atoms with van der Waals surface area (Å²) in [4.78, 5) is 24.8. The molecule has 1 aromatic rings. The Labute approximate surface area is 143 Å². The Morgan fingerprint density at radius 1 is 1.43 bits per heavy atom. The molecule has 0 aromatic heterocycles. The molecule has 1 aliphatic heterocycles. The van der Waals surface area contributed by atoms with Crippen LogP contribution < -0.4 is 4.74 Å². The van der Waals surface area contributed by atoms with Crippen molar-refractivity contribution in [1.82, 2.24) is 4.90 Å². The number of nitrogens with zero attached hydrogens (tertiary/aromatic N) is 1. The molecule has 1 amide bonds. The highest BCUT2D eigenvalue weighted by Crippen LogP contribution is 2.34. The minimum absolute atomic E-state index is 0.0753. The third kappa shape index (κ3) is 4.43. The fraction of sp³-hybridized carbons (Fsp3) is 0.188. The van der Waals surface area contributed by atoms with Gasteiger partial charge in [-0.1, -0.05) is 54.8 Å². The van der Waals surface area contributed by atoms with Crippen LogP contribution in [0.15, 0.2) is 41.8 Å². The Bertz CT molecular complexity index is 684. The highest BCUT2D eigenvalue weighted by atomic mass is 32.2. The first-order valence-corrected chi connectivity index (χ1v) is 8.05. The first-order valence-electron chi connectivity index (χ1n) is 6.83. The van der Waals surface area contributed by atoms with Gasteiger partial charge in [0.05, 0.1) is 11.3 Å². The highest BCUT2D eigenvalue weighted by molar-refractivity contribution is 8.26. The van der Waals surface area contributed by atoms with Gasteiger partial charge in [0.25, 0.3) is 5.91 Å². The number of aliphatic carboxylic acids is 1. The number of thioether (sulfide) groups is 1. The van der Waals surface area contributed by atoms with Gasteiger partial charge in [-0.05, 0) is 12.1 Å². The molecule has 1 heterocycles. The Morgan fingerprint density at radius 3 is 2.87 bits per heavy atom. The molecule has 1 fully saturated rings. The summed E-state index contributed by atoms with van der Waals surface area (Å²) in [6.45, 7) is 4.05. The molecule has 7 heteroatoms. The number of carboxylic acid groups (broad SMARTS) is 1. The summed E-state index contributed by atoms with van der Waals surface area (Å²) in [6, 6.07) is 7.33. The lowest BCUT2D eigenvalue weighted by Crippen LogP contribution is -2.30. The molecule has 0 spiro atoms. The lowest BCUT2D eigenvalue weighted by molar-refractivity contribution is -0.137. The van der Waals surface area contributed by atoms with Gasteiger partial charge in [-0.2, -0.15) is 0 Å². The number of benzene rings is 1. The highest BCUT2D eigenvalue weighted by Gasteiger charge is 2.32. The second-order valence-electron chi connectivity index (χ2n) is 4.61. The van der Waals surface area contributed by atoms with Crippen molar-refractivity contribution in [1.29, 1.82) is 0 Å². The first-order chi connectivity index (χ1) is 11.0. The van der Waals surface area contributed by atoms with Gasteiger partial charge in [0, 0.05) is 12.1 Å². The molecule has 0 saturated carbocycles. The van der Waals surface area contributed by atoms with Crippen molar-refractivity contribution < 1.29 is 19.4 Å². The molecule has 1 aliphatic rings. The van der Waals surface area contributed by atoms with Crippen molar-refractivity contribution in [2.24, 2.45) is 0 Å². The van der Waals surface area contributed by atoms with E-state index in [0.717, 1.165) is 17.3 Å². The van der Waals surface area contributed by atoms with Gasteiger partial charge in [0.15, 0.2) is 0 Å². The molecule has 0 unspecified atom stereocenters. The lowest BCUT2D eigenvalue weighted by atomic mass is 10.2. The number of ether oxygens (including phenoxy) is 1. The summed E-state index contributed by atoms with van der Waals surface area (Å²) < 4.78 is 5.92. The number of carbonyl (C=O) groups is 2. The van der Waals surface area contributed by atoms with Crippen LogP contribution in [0.4, 0.5) is 0 Å². The van der Waals surface area contributed by atoms with Crippen LogP contribution in [0.3, 0.4) is 0 Å². The van der Waals surface area contributed by atoms with E-state index in [-0.39, 0.29) is 18.9 Å². The number of amides is 1. The van der Waals surface area contributed by atoms with E-state index >= 15 is 0 Å². The Morgan fingerprint density at radius 2 is 2.17 bits per heavy atom. The van der Waals surface area contributed by atoms with E-state index in [4.69, 9.17) is 22.1 Å². The minimum Gasteiger partial charge on any atom is -0.489 e. The summed E-state index contributed by atoms with van der Waals surface area (Å²) in [5.74, 6) is -0.603. The summed E-state index contributed by atoms with van der Waals surface area (Å²) in [6.07, 6.45) is 3.21. The largest absolute Gasteiger partial charge is 0.489 e. The average molecular weight is 349 g/mol. The lowest BCUT2D eigenvalue weighted by Gasteiger charge is -2.12. The van der Waals surface area contributed by atoms with E-state index in [9.17, 15) is 9.59 Å². The van der Waals surface area contributed by atoms with Gasteiger partial charge >= 0.3 is 5.97 Å². The first kappa shape index (κ1) is 17.2. The van der Waals surface area contributed by atoms with E-state index in [0.29, 0.717) is 21.6 Å². The molecule has 1 aromatic carbocycles. The zero-order chi connectivity index (χ0) is 16.8. The van der Waals surface area contributed by atoms with Crippen LogP contribution in [0, 0.1) is 0 Å². The number of thiocarbonyl (C=S) groups is 1. The third-order valence-corrected chi connectivity index (χ3v) is 4.36. The predicted molar refractivity (Wildman–Crippen MR) is 94.3 cm³/mol. The van der Waals surface area contributed by atoms with Crippen LogP contribution in [-0.4, -0.2) is 39.4 Å². The Balaban J connectivity index is 2.20. The predicted octanol–water partition coefficient (Wildman–Crippen LogP) is 2.93. The number of rotatable bonds is 7. The molecule has 2 rings (SSSR count). The summed E-state index contributed by atoms with van der Waals surface area (Å²) in [5, 5.41) is 8.74. The molecule has 0 radical (unpaired) electrons. The maximum atomic E-state index is 12.4. The quantitative estimate of drug-likeness (QED) is 0.464. The number of carboxylic acids is 1. The molecular formula is C16H15NO4S2. The van der Waals surface area contributed by atoms with Crippen molar-refractivity contribution in [2.75, 3.05) is 13.2 Å². The fourth-order valence-electron chi connectivity index (χ4n) is 1.92. The van der Waals surface area contributed by atoms with Gasteiger partial charge in [-0.25, -0.2) is 0 Å². The maximum absolute atomic E-state index is 12.4. The van der Waals surface area contributed by atoms with Crippen LogP contribution in [0.5, 0.6) is 5.75 Å². The second kappa shape index (κ2) is 7.94. The van der Waals surface area contributed by atoms with Crippen LogP contribution in [0.25, 0.3) is 6.08 Å². The zero-order valence-corrected chi connectivity index (χ0v) is 13.9. The maximum Gasteiger partial charge on any atom is 0.305 e. The zero-order valence-electron chi connectivity index (χ0n) is 12.2. The number of hydrogen-bond acceptors (Lipinski definition) is 5. The van der Waals surface area contributed by atoms with Crippen molar-refractivity contribution in [3.8, 4) is 5.75 Å². The van der Waals surface area contributed by atoms with Crippen molar-refractivity contribution in [3.05, 3.63) is 47.4 Å². The fourth-order valence-corrected chi connectivity index (χ4v) is 3.22. The number of para-hydroxylation sites is 1. The molecule has 5 nitrogen and oxygen atoms in total. The molecular weight excluding hydrogens is 334 g/mol. The summed E-state index contributed by atoms with van der Waals surface area (Å²) >= 11 is 6.32. The van der Waals surface area contributed by atoms with Crippen LogP contribution >= 0.6 is 24.0 Å². The summed E-state index contributed by atoms with van der Waals surface area (Å²) in [5.41, 5.74) is 0.757. The molecule has 23 heavy (non-hydrogen) atoms. The Kier molecular flexibility index (Phi) is 5.95. The van der Waals surface area contributed by atoms with E-state index in [1.807, 2.05) is 18.2 Å². The minimum atomic E-state index is -0.966. The number of carbonyl (C=O) groups excluding carboxylic acids is 1. The van der Waals surface area contributed by atoms with Crippen molar-refractivity contribution >= 4 is 46.3 Å². The van der Waals surface area contributed by atoms with Crippen molar-refractivity contribution in [3.63, 3.8) is 0 Å². The SMILES string of the molecule is C=CCOc1ccccc1/C=C1\SC(=S)N(CCC(=O)O)C1=O. The monoisotopic (exact) mass is 349 g/mol.